The van der Waals surface area contributed by atoms with Crippen LogP contribution in [0.5, 0.6) is 5.75 Å². The van der Waals surface area contributed by atoms with E-state index < -0.39 is 12.1 Å². The topological polar surface area (TPSA) is 75.8 Å². The van der Waals surface area contributed by atoms with E-state index in [0.29, 0.717) is 5.06 Å². The van der Waals surface area contributed by atoms with E-state index in [1.807, 2.05) is 24.3 Å². The number of hydrogen-bond donors (Lipinski definition) is 2. The summed E-state index contributed by atoms with van der Waals surface area (Å²) in [5.74, 6) is 9.21. The minimum Gasteiger partial charge on any atom is -0.487 e. The summed E-state index contributed by atoms with van der Waals surface area (Å²) in [6.45, 7) is 1.62. The first-order valence-corrected chi connectivity index (χ1v) is 9.51. The molecule has 0 spiro atoms. The Balaban J connectivity index is 1.48. The van der Waals surface area contributed by atoms with Crippen LogP contribution < -0.4 is 10.5 Å². The molecule has 1 aromatic carbocycles. The fourth-order valence-electron chi connectivity index (χ4n) is 5.48. The lowest BCUT2D eigenvalue weighted by Crippen LogP contribution is -2.53. The van der Waals surface area contributed by atoms with Gasteiger partial charge in [0.15, 0.2) is 0 Å². The second-order valence-corrected chi connectivity index (χ2v) is 8.36. The monoisotopic (exact) mass is 354 g/mol. The molecule has 1 atom stereocenters. The average molecular weight is 354 g/mol. The molecule has 3 N–H and O–H groups in total. The zero-order valence-electron chi connectivity index (χ0n) is 15.1. The molecule has 0 aromatic heterocycles. The van der Waals surface area contributed by atoms with Gasteiger partial charge in [-0.05, 0) is 81.4 Å². The number of carbonyl (C=O) groups is 1. The van der Waals surface area contributed by atoms with Gasteiger partial charge < -0.3 is 10.5 Å². The highest BCUT2D eigenvalue weighted by molar-refractivity contribution is 5.71. The number of benzene rings is 1. The molecule has 2 amide bonds. The second kappa shape index (κ2) is 6.51. The van der Waals surface area contributed by atoms with Gasteiger partial charge in [0, 0.05) is 5.56 Å². The van der Waals surface area contributed by atoms with E-state index in [9.17, 15) is 10.0 Å². The van der Waals surface area contributed by atoms with E-state index in [1.165, 1.54) is 38.5 Å². The fourth-order valence-corrected chi connectivity index (χ4v) is 5.48. The number of rotatable bonds is 3. The molecule has 4 saturated carbocycles. The van der Waals surface area contributed by atoms with Gasteiger partial charge in [-0.2, -0.15) is 5.06 Å². The van der Waals surface area contributed by atoms with E-state index in [4.69, 9.17) is 10.5 Å². The third kappa shape index (κ3) is 3.39. The Kier molecular flexibility index (Phi) is 4.32. The summed E-state index contributed by atoms with van der Waals surface area (Å²) in [4.78, 5) is 11.0. The van der Waals surface area contributed by atoms with Crippen LogP contribution in [0.15, 0.2) is 24.3 Å². The van der Waals surface area contributed by atoms with Crippen molar-refractivity contribution in [2.24, 2.45) is 23.5 Å². The minimum atomic E-state index is -0.911. The van der Waals surface area contributed by atoms with Crippen LogP contribution in [0.4, 0.5) is 4.79 Å². The Morgan fingerprint density at radius 2 is 1.88 bits per heavy atom. The summed E-state index contributed by atoms with van der Waals surface area (Å²) in [7, 11) is 0. The van der Waals surface area contributed by atoms with Crippen molar-refractivity contribution in [3.8, 4) is 17.6 Å². The first kappa shape index (κ1) is 17.2. The molecule has 0 radical (unpaired) electrons. The van der Waals surface area contributed by atoms with Crippen LogP contribution in [0, 0.1) is 29.6 Å². The maximum absolute atomic E-state index is 11.0. The van der Waals surface area contributed by atoms with Gasteiger partial charge in [0.2, 0.25) is 0 Å². The number of hydrogen-bond acceptors (Lipinski definition) is 3. The van der Waals surface area contributed by atoms with Gasteiger partial charge in [0.25, 0.3) is 0 Å². The zero-order valence-corrected chi connectivity index (χ0v) is 15.1. The number of amides is 2. The lowest BCUT2D eigenvalue weighted by Gasteiger charge is -2.56. The maximum Gasteiger partial charge on any atom is 0.339 e. The smallest absolute Gasteiger partial charge is 0.339 e. The molecule has 26 heavy (non-hydrogen) atoms. The van der Waals surface area contributed by atoms with Gasteiger partial charge in [-0.3, -0.25) is 5.21 Å². The van der Waals surface area contributed by atoms with Crippen molar-refractivity contribution < 1.29 is 14.7 Å². The SMILES string of the molecule is CC(C#Cc1cccc(OC23CC4CC(CC(C4)C2)C3)c1)N(O)C(N)=O. The first-order chi connectivity index (χ1) is 12.4. The Bertz CT molecular complexity index is 729. The lowest BCUT2D eigenvalue weighted by molar-refractivity contribution is -0.107. The number of urea groups is 1. The van der Waals surface area contributed by atoms with Crippen molar-refractivity contribution in [1.29, 1.82) is 0 Å². The molecule has 0 aliphatic heterocycles. The van der Waals surface area contributed by atoms with Crippen molar-refractivity contribution in [1.82, 2.24) is 5.06 Å². The van der Waals surface area contributed by atoms with Crippen LogP contribution in [-0.4, -0.2) is 27.9 Å². The molecular weight excluding hydrogens is 328 g/mol. The molecule has 4 fully saturated rings. The number of carbonyl (C=O) groups excluding carboxylic acids is 1. The van der Waals surface area contributed by atoms with Crippen LogP contribution in [0.3, 0.4) is 0 Å². The van der Waals surface area contributed by atoms with Crippen molar-refractivity contribution in [3.05, 3.63) is 29.8 Å². The van der Waals surface area contributed by atoms with Gasteiger partial charge in [-0.15, -0.1) is 0 Å². The molecule has 4 aliphatic rings. The van der Waals surface area contributed by atoms with Crippen molar-refractivity contribution in [2.75, 3.05) is 0 Å². The summed E-state index contributed by atoms with van der Waals surface area (Å²) in [6.07, 6.45) is 7.73. The quantitative estimate of drug-likeness (QED) is 0.495. The van der Waals surface area contributed by atoms with Crippen molar-refractivity contribution in [3.63, 3.8) is 0 Å². The summed E-state index contributed by atoms with van der Waals surface area (Å²) in [6, 6.07) is 6.21. The predicted molar refractivity (Wildman–Crippen MR) is 97.5 cm³/mol. The third-order valence-corrected chi connectivity index (χ3v) is 6.17. The molecule has 5 rings (SSSR count). The first-order valence-electron chi connectivity index (χ1n) is 9.51. The van der Waals surface area contributed by atoms with Crippen LogP contribution in [-0.2, 0) is 0 Å². The van der Waals surface area contributed by atoms with Crippen LogP contribution in [0.1, 0.15) is 51.0 Å². The van der Waals surface area contributed by atoms with Crippen LogP contribution >= 0.6 is 0 Å². The zero-order chi connectivity index (χ0) is 18.3. The normalized spacial score (nSPS) is 32.5. The summed E-state index contributed by atoms with van der Waals surface area (Å²) in [5, 5.41) is 9.93. The predicted octanol–water partition coefficient (Wildman–Crippen LogP) is 3.54. The van der Waals surface area contributed by atoms with E-state index in [1.54, 1.807) is 6.92 Å². The molecule has 5 nitrogen and oxygen atoms in total. The Hall–Kier alpha value is -2.19. The van der Waals surface area contributed by atoms with E-state index in [0.717, 1.165) is 29.1 Å². The molecule has 0 heterocycles. The van der Waals surface area contributed by atoms with Gasteiger partial charge >= 0.3 is 6.03 Å². The third-order valence-electron chi connectivity index (χ3n) is 6.17. The highest BCUT2D eigenvalue weighted by Gasteiger charge is 2.52. The van der Waals surface area contributed by atoms with Gasteiger partial charge in [0.1, 0.15) is 17.4 Å². The second-order valence-electron chi connectivity index (χ2n) is 8.36. The number of ether oxygens (including phenoxy) is 1. The van der Waals surface area contributed by atoms with Crippen molar-refractivity contribution in [2.45, 2.75) is 57.1 Å². The Morgan fingerprint density at radius 3 is 2.46 bits per heavy atom. The fraction of sp³-hybridized carbons (Fsp3) is 0.571. The molecule has 1 unspecified atom stereocenters. The van der Waals surface area contributed by atoms with E-state index in [-0.39, 0.29) is 5.60 Å². The number of hydroxylamine groups is 2. The number of nitrogens with two attached hydrogens (primary N) is 1. The molecular formula is C21H26N2O3. The van der Waals surface area contributed by atoms with Gasteiger partial charge in [-0.25, -0.2) is 4.79 Å². The average Bonchev–Trinajstić information content (AvgIpc) is 2.57. The molecule has 1 aromatic rings. The molecule has 4 aliphatic carbocycles. The highest BCUT2D eigenvalue weighted by Crippen LogP contribution is 2.57. The number of primary amides is 1. The van der Waals surface area contributed by atoms with E-state index >= 15 is 0 Å². The minimum absolute atomic E-state index is 0.0158. The number of nitrogens with zero attached hydrogens (tertiary/aromatic N) is 1. The highest BCUT2D eigenvalue weighted by atomic mass is 16.5. The molecule has 4 bridgehead atoms. The summed E-state index contributed by atoms with van der Waals surface area (Å²) < 4.78 is 6.55. The molecule has 138 valence electrons. The van der Waals surface area contributed by atoms with Gasteiger partial charge in [-0.1, -0.05) is 17.9 Å². The lowest BCUT2D eigenvalue weighted by atomic mass is 9.54. The van der Waals surface area contributed by atoms with Crippen LogP contribution in [0.25, 0.3) is 0 Å². The summed E-state index contributed by atoms with van der Waals surface area (Å²) >= 11 is 0. The Morgan fingerprint density at radius 1 is 1.27 bits per heavy atom. The largest absolute Gasteiger partial charge is 0.487 e. The summed E-state index contributed by atoms with van der Waals surface area (Å²) in [5.41, 5.74) is 5.86. The maximum atomic E-state index is 11.0. The van der Waals surface area contributed by atoms with E-state index in [2.05, 4.69) is 11.8 Å². The molecule has 5 heteroatoms. The van der Waals surface area contributed by atoms with Crippen LogP contribution in [0.2, 0.25) is 0 Å². The Labute approximate surface area is 154 Å². The standard InChI is InChI=1S/C21H26N2O3/c1-14(23(25)20(22)24)5-6-15-3-2-4-19(10-15)26-21-11-16-7-17(12-21)9-18(8-16)13-21/h2-4,10,14,16-18,25H,7-9,11-13H2,1H3,(H2,22,24). The molecule has 0 saturated heterocycles. The van der Waals surface area contributed by atoms with Crippen molar-refractivity contribution >= 4 is 6.03 Å². The van der Waals surface area contributed by atoms with Gasteiger partial charge in [0.05, 0.1) is 0 Å².